The van der Waals surface area contributed by atoms with E-state index in [-0.39, 0.29) is 17.5 Å². The van der Waals surface area contributed by atoms with E-state index < -0.39 is 0 Å². The maximum absolute atomic E-state index is 2.53. The summed E-state index contributed by atoms with van der Waals surface area (Å²) in [5.74, 6) is 1.20. The van der Waals surface area contributed by atoms with Gasteiger partial charge in [0.25, 0.3) is 6.71 Å². The largest absolute Gasteiger partial charge is 0.311 e. The van der Waals surface area contributed by atoms with Crippen molar-refractivity contribution in [2.24, 2.45) is 0 Å². The van der Waals surface area contributed by atoms with Crippen LogP contribution in [0.25, 0.3) is 16.6 Å². The Labute approximate surface area is 296 Å². The maximum Gasteiger partial charge on any atom is 0.255 e. The van der Waals surface area contributed by atoms with Crippen LogP contribution in [0.15, 0.2) is 146 Å². The van der Waals surface area contributed by atoms with Gasteiger partial charge in [0.2, 0.25) is 0 Å². The quantitative estimate of drug-likeness (QED) is 0.177. The van der Waals surface area contributed by atoms with E-state index in [0.717, 1.165) is 11.4 Å². The molecule has 1 aromatic heterocycles. The Balaban J connectivity index is 1.38. The number of hydrogen-bond acceptors (Lipinski definition) is 2. The van der Waals surface area contributed by atoms with Crippen LogP contribution in [-0.2, 0) is 10.8 Å². The summed E-state index contributed by atoms with van der Waals surface area (Å²) >= 11 is 0. The Hall–Kier alpha value is -5.48. The molecule has 2 aliphatic rings. The number of aromatic nitrogens is 1. The zero-order chi connectivity index (χ0) is 34.4. The van der Waals surface area contributed by atoms with Crippen LogP contribution in [0.2, 0.25) is 0 Å². The summed E-state index contributed by atoms with van der Waals surface area (Å²) in [6, 6.07) is 54.2. The monoisotopic (exact) mass is 647 g/mol. The number of fused-ring (bicyclic) bond motifs is 6. The van der Waals surface area contributed by atoms with Crippen molar-refractivity contribution in [1.29, 1.82) is 0 Å². The molecule has 6 aromatic carbocycles. The lowest BCUT2D eigenvalue weighted by molar-refractivity contribution is 0.590. The first-order valence-corrected chi connectivity index (χ1v) is 17.8. The molecule has 0 spiro atoms. The number of para-hydroxylation sites is 3. The molecule has 0 amide bonds. The van der Waals surface area contributed by atoms with Crippen LogP contribution in [0, 0.1) is 0 Å². The normalized spacial score (nSPS) is 13.7. The molecule has 0 atom stereocenters. The summed E-state index contributed by atoms with van der Waals surface area (Å²) in [7, 11) is 0. The maximum atomic E-state index is 2.53. The minimum atomic E-state index is 0.0532. The first-order valence-electron chi connectivity index (χ1n) is 17.8. The highest BCUT2D eigenvalue weighted by Crippen LogP contribution is 2.46. The molecule has 0 bridgehead atoms. The second-order valence-electron chi connectivity index (χ2n) is 15.9. The van der Waals surface area contributed by atoms with Gasteiger partial charge < -0.3 is 4.90 Å². The van der Waals surface area contributed by atoms with Gasteiger partial charge in [-0.2, -0.15) is 0 Å². The molecular weight excluding hydrogens is 605 g/mol. The third-order valence-electron chi connectivity index (χ3n) is 10.7. The van der Waals surface area contributed by atoms with E-state index in [1.54, 1.807) is 0 Å². The first-order chi connectivity index (χ1) is 24.1. The Bertz CT molecular complexity index is 2390. The van der Waals surface area contributed by atoms with Crippen molar-refractivity contribution in [2.75, 3.05) is 9.80 Å². The van der Waals surface area contributed by atoms with Crippen molar-refractivity contribution in [3.05, 3.63) is 157 Å². The molecule has 3 heterocycles. The molecule has 4 heteroatoms. The molecule has 0 saturated carbocycles. The highest BCUT2D eigenvalue weighted by Gasteiger charge is 2.46. The van der Waals surface area contributed by atoms with Gasteiger partial charge in [0, 0.05) is 34.1 Å². The van der Waals surface area contributed by atoms with Crippen LogP contribution < -0.4 is 26.2 Å². The second kappa shape index (κ2) is 11.0. The smallest absolute Gasteiger partial charge is 0.255 e. The van der Waals surface area contributed by atoms with Crippen LogP contribution in [0.3, 0.4) is 0 Å². The molecule has 0 radical (unpaired) electrons. The predicted molar refractivity (Wildman–Crippen MR) is 215 cm³/mol. The number of benzene rings is 6. The van der Waals surface area contributed by atoms with E-state index in [2.05, 4.69) is 202 Å². The van der Waals surface area contributed by atoms with Crippen LogP contribution in [0.5, 0.6) is 0 Å². The summed E-state index contributed by atoms with van der Waals surface area (Å²) in [6.45, 7) is 13.7. The fourth-order valence-corrected chi connectivity index (χ4v) is 8.22. The third kappa shape index (κ3) is 4.58. The van der Waals surface area contributed by atoms with Crippen molar-refractivity contribution in [3.8, 4) is 5.69 Å². The molecule has 50 heavy (non-hydrogen) atoms. The average molecular weight is 648 g/mol. The number of nitrogens with zero attached hydrogens (tertiary/aromatic N) is 3. The molecule has 3 nitrogen and oxygen atoms in total. The summed E-state index contributed by atoms with van der Waals surface area (Å²) in [5, 5.41) is 1.28. The minimum absolute atomic E-state index is 0.0532. The molecule has 9 rings (SSSR count). The molecule has 244 valence electrons. The van der Waals surface area contributed by atoms with Gasteiger partial charge in [-0.25, -0.2) is 0 Å². The summed E-state index contributed by atoms with van der Waals surface area (Å²) in [4.78, 5) is 5.01. The average Bonchev–Trinajstić information content (AvgIpc) is 3.46. The molecule has 2 aliphatic heterocycles. The molecule has 0 fully saturated rings. The Kier molecular flexibility index (Phi) is 6.74. The van der Waals surface area contributed by atoms with Gasteiger partial charge in [-0.1, -0.05) is 126 Å². The van der Waals surface area contributed by atoms with Crippen molar-refractivity contribution in [3.63, 3.8) is 0 Å². The number of hydrogen-bond donors (Lipinski definition) is 0. The first kappa shape index (κ1) is 30.6. The third-order valence-corrected chi connectivity index (χ3v) is 10.7. The highest BCUT2D eigenvalue weighted by molar-refractivity contribution is 7.01. The van der Waals surface area contributed by atoms with E-state index >= 15 is 0 Å². The molecule has 0 N–H and O–H groups in total. The Morgan fingerprint density at radius 3 is 1.58 bits per heavy atom. The summed E-state index contributed by atoms with van der Waals surface area (Å²) in [5.41, 5.74) is 15.2. The van der Waals surface area contributed by atoms with E-state index in [4.69, 9.17) is 0 Å². The molecule has 0 unspecified atom stereocenters. The molecular formula is C46H42BN3. The van der Waals surface area contributed by atoms with Crippen LogP contribution in [0.1, 0.15) is 52.7 Å². The van der Waals surface area contributed by atoms with E-state index in [1.807, 2.05) is 0 Å². The van der Waals surface area contributed by atoms with Gasteiger partial charge >= 0.3 is 0 Å². The van der Waals surface area contributed by atoms with Crippen LogP contribution in [0.4, 0.5) is 34.3 Å². The standard InChI is InChI=1S/C46H42BN3/c1-45(2,3)31-23-27-34(28-24-31)48-39-20-13-11-18-37(39)47-42-36-17-10-12-19-38(36)49(33-15-8-7-9-16-33)44(42)50(41-22-14-21-40(48)43(41)47)35-29-25-32(26-30-35)46(4,5)6/h7-30H,1-6H3. The number of rotatable bonds is 3. The van der Waals surface area contributed by atoms with E-state index in [0.29, 0.717) is 0 Å². The Morgan fingerprint density at radius 1 is 0.420 bits per heavy atom. The minimum Gasteiger partial charge on any atom is -0.311 e. The van der Waals surface area contributed by atoms with Crippen molar-refractivity contribution < 1.29 is 0 Å². The van der Waals surface area contributed by atoms with Gasteiger partial charge in [0.1, 0.15) is 5.82 Å². The summed E-state index contributed by atoms with van der Waals surface area (Å²) < 4.78 is 2.48. The topological polar surface area (TPSA) is 11.4 Å². The highest BCUT2D eigenvalue weighted by atomic mass is 15.3. The van der Waals surface area contributed by atoms with E-state index in [9.17, 15) is 0 Å². The lowest BCUT2D eigenvalue weighted by Crippen LogP contribution is -2.61. The zero-order valence-corrected chi connectivity index (χ0v) is 29.8. The van der Waals surface area contributed by atoms with Crippen LogP contribution >= 0.6 is 0 Å². The molecule has 0 saturated heterocycles. The fraction of sp³-hybridized carbons (Fsp3) is 0.174. The Morgan fingerprint density at radius 2 is 0.940 bits per heavy atom. The van der Waals surface area contributed by atoms with Crippen molar-refractivity contribution in [1.82, 2.24) is 4.57 Å². The van der Waals surface area contributed by atoms with Crippen molar-refractivity contribution in [2.45, 2.75) is 52.4 Å². The lowest BCUT2D eigenvalue weighted by atomic mass is 9.33. The number of anilines is 6. The van der Waals surface area contributed by atoms with Gasteiger partial charge in [-0.05, 0) is 104 Å². The van der Waals surface area contributed by atoms with Gasteiger partial charge in [0.05, 0.1) is 5.52 Å². The van der Waals surface area contributed by atoms with Crippen LogP contribution in [-0.4, -0.2) is 11.3 Å². The predicted octanol–water partition coefficient (Wildman–Crippen LogP) is 10.3. The summed E-state index contributed by atoms with van der Waals surface area (Å²) in [6.07, 6.45) is 0. The van der Waals surface area contributed by atoms with Gasteiger partial charge in [-0.15, -0.1) is 0 Å². The molecule has 0 aliphatic carbocycles. The zero-order valence-electron chi connectivity index (χ0n) is 29.8. The SMILES string of the molecule is CC(C)(C)c1ccc(N2c3ccccc3B3c4c2cccc4N(c2ccc(C(C)(C)C)cc2)c2c3c3ccccc3n2-c2ccccc2)cc1. The van der Waals surface area contributed by atoms with E-state index in [1.165, 1.54) is 67.0 Å². The van der Waals surface area contributed by atoms with Crippen molar-refractivity contribution >= 4 is 68.3 Å². The van der Waals surface area contributed by atoms with Gasteiger partial charge in [-0.3, -0.25) is 9.47 Å². The fourth-order valence-electron chi connectivity index (χ4n) is 8.22. The van der Waals surface area contributed by atoms with Gasteiger partial charge in [0.15, 0.2) is 0 Å². The lowest BCUT2D eigenvalue weighted by Gasteiger charge is -2.43. The second-order valence-corrected chi connectivity index (χ2v) is 15.9. The molecule has 7 aromatic rings.